The molecule has 0 fully saturated rings. The molecule has 1 aromatic carbocycles. The molecule has 0 radical (unpaired) electrons. The first-order valence-corrected chi connectivity index (χ1v) is 9.64. The zero-order chi connectivity index (χ0) is 19.9. The van der Waals surface area contributed by atoms with Crippen LogP contribution in [0.1, 0.15) is 16.3 Å². The molecule has 3 rings (SSSR count). The van der Waals surface area contributed by atoms with Gasteiger partial charge in [-0.2, -0.15) is 0 Å². The lowest BCUT2D eigenvalue weighted by Gasteiger charge is -2.15. The summed E-state index contributed by atoms with van der Waals surface area (Å²) in [5.41, 5.74) is 2.50. The molecule has 2 heterocycles. The van der Waals surface area contributed by atoms with Crippen LogP contribution < -0.4 is 15.0 Å². The van der Waals surface area contributed by atoms with Crippen molar-refractivity contribution in [2.45, 2.75) is 13.5 Å². The van der Waals surface area contributed by atoms with Gasteiger partial charge in [0.15, 0.2) is 5.82 Å². The van der Waals surface area contributed by atoms with Gasteiger partial charge in [0.1, 0.15) is 12.4 Å². The molecule has 2 aromatic heterocycles. The van der Waals surface area contributed by atoms with Gasteiger partial charge in [-0.3, -0.25) is 4.79 Å². The lowest BCUT2D eigenvalue weighted by atomic mass is 10.2. The van der Waals surface area contributed by atoms with Gasteiger partial charge >= 0.3 is 0 Å². The topological polar surface area (TPSA) is 67.3 Å². The second-order valence-electron chi connectivity index (χ2n) is 6.31. The Kier molecular flexibility index (Phi) is 6.39. The van der Waals surface area contributed by atoms with Crippen LogP contribution in [0.3, 0.4) is 0 Å². The van der Waals surface area contributed by atoms with Crippen LogP contribution in [0.25, 0.3) is 6.08 Å². The van der Waals surface area contributed by atoms with Crippen molar-refractivity contribution in [1.82, 2.24) is 9.97 Å². The van der Waals surface area contributed by atoms with Crippen LogP contribution in [-0.2, 0) is 11.4 Å². The van der Waals surface area contributed by atoms with Crippen molar-refractivity contribution < 1.29 is 9.53 Å². The maximum absolute atomic E-state index is 12.2. The molecule has 144 valence electrons. The summed E-state index contributed by atoms with van der Waals surface area (Å²) in [6.45, 7) is 2.42. The van der Waals surface area contributed by atoms with Gasteiger partial charge in [0, 0.05) is 31.7 Å². The summed E-state index contributed by atoms with van der Waals surface area (Å²) in [5, 5.41) is 5.88. The average molecular weight is 395 g/mol. The van der Waals surface area contributed by atoms with Gasteiger partial charge in [-0.15, -0.1) is 11.3 Å². The molecule has 0 aliphatic rings. The third-order valence-electron chi connectivity index (χ3n) is 3.83. The highest BCUT2D eigenvalue weighted by Gasteiger charge is 2.07. The number of nitrogens with one attached hydrogen (secondary N) is 1. The predicted octanol–water partition coefficient (Wildman–Crippen LogP) is 4.14. The molecule has 0 aliphatic carbocycles. The number of aromatic nitrogens is 2. The van der Waals surface area contributed by atoms with E-state index >= 15 is 0 Å². The normalized spacial score (nSPS) is 10.8. The van der Waals surface area contributed by atoms with Gasteiger partial charge in [-0.1, -0.05) is 12.1 Å². The number of carbonyl (C=O) groups is 1. The van der Waals surface area contributed by atoms with Gasteiger partial charge in [0.25, 0.3) is 0 Å². The monoisotopic (exact) mass is 394 g/mol. The van der Waals surface area contributed by atoms with Crippen molar-refractivity contribution in [1.29, 1.82) is 0 Å². The minimum Gasteiger partial charge on any atom is -0.487 e. The molecule has 28 heavy (non-hydrogen) atoms. The maximum atomic E-state index is 12.2. The summed E-state index contributed by atoms with van der Waals surface area (Å²) in [4.78, 5) is 22.7. The molecule has 1 N–H and O–H groups in total. The van der Waals surface area contributed by atoms with E-state index in [1.54, 1.807) is 29.7 Å². The summed E-state index contributed by atoms with van der Waals surface area (Å²) in [6, 6.07) is 11.2. The quantitative estimate of drug-likeness (QED) is 0.610. The number of ether oxygens (including phenoxy) is 1. The van der Waals surface area contributed by atoms with Gasteiger partial charge in [0.2, 0.25) is 5.91 Å². The SMILES string of the molecule is Cc1nc(COc2ccc(/C=C/C(=O)Nc3cccnc3N(C)C)cc2)cs1. The number of thiazole rings is 1. The zero-order valence-electron chi connectivity index (χ0n) is 16.0. The highest BCUT2D eigenvalue weighted by atomic mass is 32.1. The van der Waals surface area contributed by atoms with Crippen LogP contribution in [0.15, 0.2) is 54.1 Å². The number of rotatable bonds is 7. The zero-order valence-corrected chi connectivity index (χ0v) is 16.9. The van der Waals surface area contributed by atoms with Crippen molar-refractivity contribution in [3.05, 3.63) is 70.3 Å². The summed E-state index contributed by atoms with van der Waals surface area (Å²) >= 11 is 1.61. The Labute approximate surface area is 168 Å². The summed E-state index contributed by atoms with van der Waals surface area (Å²) in [5.74, 6) is 1.26. The van der Waals surface area contributed by atoms with Gasteiger partial charge in [-0.25, -0.2) is 9.97 Å². The van der Waals surface area contributed by atoms with E-state index in [9.17, 15) is 4.79 Å². The number of aryl methyl sites for hydroxylation is 1. The Morgan fingerprint density at radius 1 is 1.25 bits per heavy atom. The van der Waals surface area contributed by atoms with Crippen LogP contribution in [-0.4, -0.2) is 30.0 Å². The largest absolute Gasteiger partial charge is 0.487 e. The van der Waals surface area contributed by atoms with Crippen molar-refractivity contribution in [2.75, 3.05) is 24.3 Å². The first kappa shape index (κ1) is 19.6. The van der Waals surface area contributed by atoms with Gasteiger partial charge in [-0.05, 0) is 42.8 Å². The fourth-order valence-electron chi connectivity index (χ4n) is 2.50. The van der Waals surface area contributed by atoms with Gasteiger partial charge in [0.05, 0.1) is 16.4 Å². The van der Waals surface area contributed by atoms with Crippen molar-refractivity contribution in [2.24, 2.45) is 0 Å². The minimum absolute atomic E-state index is 0.213. The highest BCUT2D eigenvalue weighted by Crippen LogP contribution is 2.20. The molecule has 1 amide bonds. The third kappa shape index (κ3) is 5.40. The van der Waals surface area contributed by atoms with E-state index in [2.05, 4.69) is 15.3 Å². The Morgan fingerprint density at radius 3 is 2.71 bits per heavy atom. The van der Waals surface area contributed by atoms with Crippen LogP contribution in [0.2, 0.25) is 0 Å². The summed E-state index contributed by atoms with van der Waals surface area (Å²) in [6.07, 6.45) is 4.95. The molecule has 0 atom stereocenters. The minimum atomic E-state index is -0.213. The number of nitrogens with zero attached hydrogens (tertiary/aromatic N) is 3. The number of pyridine rings is 1. The van der Waals surface area contributed by atoms with Crippen LogP contribution >= 0.6 is 11.3 Å². The molecule has 0 bridgehead atoms. The molecule has 3 aromatic rings. The number of anilines is 2. The van der Waals surface area contributed by atoms with E-state index in [0.29, 0.717) is 18.1 Å². The Morgan fingerprint density at radius 2 is 2.04 bits per heavy atom. The smallest absolute Gasteiger partial charge is 0.248 e. The van der Waals surface area contributed by atoms with Crippen LogP contribution in [0.4, 0.5) is 11.5 Å². The number of carbonyl (C=O) groups excluding carboxylic acids is 1. The highest BCUT2D eigenvalue weighted by molar-refractivity contribution is 7.09. The summed E-state index contributed by atoms with van der Waals surface area (Å²) < 4.78 is 5.73. The van der Waals surface area contributed by atoms with Crippen molar-refractivity contribution in [3.8, 4) is 5.75 Å². The van der Waals surface area contributed by atoms with Crippen LogP contribution in [0.5, 0.6) is 5.75 Å². The number of amides is 1. The Hall–Kier alpha value is -3.19. The fraction of sp³-hybridized carbons (Fsp3) is 0.190. The number of hydrogen-bond acceptors (Lipinski definition) is 6. The van der Waals surface area contributed by atoms with E-state index in [-0.39, 0.29) is 5.91 Å². The molecule has 0 saturated heterocycles. The van der Waals surface area contributed by atoms with E-state index < -0.39 is 0 Å². The number of hydrogen-bond donors (Lipinski definition) is 1. The van der Waals surface area contributed by atoms with E-state index in [4.69, 9.17) is 4.74 Å². The van der Waals surface area contributed by atoms with E-state index in [0.717, 1.165) is 22.0 Å². The molecule has 0 unspecified atom stereocenters. The molecular formula is C21H22N4O2S. The maximum Gasteiger partial charge on any atom is 0.248 e. The molecule has 0 spiro atoms. The molecule has 0 saturated carbocycles. The first-order chi connectivity index (χ1) is 13.5. The average Bonchev–Trinajstić information content (AvgIpc) is 3.11. The lowest BCUT2D eigenvalue weighted by Crippen LogP contribution is -2.16. The predicted molar refractivity (Wildman–Crippen MR) is 114 cm³/mol. The second kappa shape index (κ2) is 9.14. The fourth-order valence-corrected chi connectivity index (χ4v) is 3.10. The first-order valence-electron chi connectivity index (χ1n) is 8.76. The van der Waals surface area contributed by atoms with Gasteiger partial charge < -0.3 is 15.0 Å². The molecule has 6 nitrogen and oxygen atoms in total. The Bertz CT molecular complexity index is 965. The van der Waals surface area contributed by atoms with Crippen molar-refractivity contribution in [3.63, 3.8) is 0 Å². The molecular weight excluding hydrogens is 372 g/mol. The molecule has 0 aliphatic heterocycles. The van der Waals surface area contributed by atoms with E-state index in [1.165, 1.54) is 6.08 Å². The summed E-state index contributed by atoms with van der Waals surface area (Å²) in [7, 11) is 3.76. The van der Waals surface area contributed by atoms with Crippen LogP contribution in [0, 0.1) is 6.92 Å². The lowest BCUT2D eigenvalue weighted by molar-refractivity contribution is -0.111. The number of benzene rings is 1. The second-order valence-corrected chi connectivity index (χ2v) is 7.37. The molecule has 7 heteroatoms. The standard InChI is InChI=1S/C21H22N4O2S/c1-15-23-17(14-28-15)13-27-18-9-6-16(7-10-18)8-11-20(26)24-19-5-4-12-22-21(19)25(2)3/h4-12,14H,13H2,1-3H3,(H,24,26)/b11-8+. The Balaban J connectivity index is 1.56. The van der Waals surface area contributed by atoms with Crippen molar-refractivity contribution >= 4 is 34.8 Å². The third-order valence-corrected chi connectivity index (χ3v) is 4.65. The van der Waals surface area contributed by atoms with E-state index in [1.807, 2.05) is 61.6 Å².